The molecular weight excluding hydrogens is 370 g/mol. The number of hydrogen-bond donors (Lipinski definition) is 1. The molecule has 0 radical (unpaired) electrons. The van der Waals surface area contributed by atoms with Crippen LogP contribution >= 0.6 is 22.7 Å². The third kappa shape index (κ3) is 3.50. The molecule has 4 rings (SSSR count). The van der Waals surface area contributed by atoms with E-state index in [2.05, 4.69) is 20.5 Å². The summed E-state index contributed by atoms with van der Waals surface area (Å²) >= 11 is 2.71. The molecule has 2 heterocycles. The number of aromatic nitrogens is 3. The Balaban J connectivity index is 1.52. The van der Waals surface area contributed by atoms with Crippen LogP contribution in [0.2, 0.25) is 0 Å². The number of rotatable bonds is 5. The van der Waals surface area contributed by atoms with E-state index in [-0.39, 0.29) is 17.9 Å². The maximum absolute atomic E-state index is 12.7. The van der Waals surface area contributed by atoms with Gasteiger partial charge < -0.3 is 0 Å². The first-order valence-electron chi connectivity index (χ1n) is 8.95. The molecule has 2 saturated carbocycles. The Labute approximate surface area is 159 Å². The minimum Gasteiger partial charge on any atom is -0.296 e. The van der Waals surface area contributed by atoms with Gasteiger partial charge >= 0.3 is 0 Å². The van der Waals surface area contributed by atoms with Crippen molar-refractivity contribution in [1.82, 2.24) is 15.2 Å². The van der Waals surface area contributed by atoms with Gasteiger partial charge in [0.1, 0.15) is 9.88 Å². The van der Waals surface area contributed by atoms with Crippen LogP contribution in [0.15, 0.2) is 0 Å². The van der Waals surface area contributed by atoms with Crippen LogP contribution < -0.4 is 10.2 Å². The van der Waals surface area contributed by atoms with E-state index in [1.165, 1.54) is 22.7 Å². The number of anilines is 2. The summed E-state index contributed by atoms with van der Waals surface area (Å²) in [6.07, 6.45) is 6.56. The summed E-state index contributed by atoms with van der Waals surface area (Å²) in [5.41, 5.74) is 0.638. The van der Waals surface area contributed by atoms with E-state index in [1.54, 1.807) is 18.7 Å². The fourth-order valence-corrected chi connectivity index (χ4v) is 5.33. The van der Waals surface area contributed by atoms with Gasteiger partial charge in [0.15, 0.2) is 5.13 Å². The Morgan fingerprint density at radius 1 is 1.12 bits per heavy atom. The molecule has 1 N–H and O–H groups in total. The van der Waals surface area contributed by atoms with E-state index < -0.39 is 0 Å². The second-order valence-corrected chi connectivity index (χ2v) is 8.90. The van der Waals surface area contributed by atoms with Crippen molar-refractivity contribution in [2.24, 2.45) is 0 Å². The molecular formula is C17H21N5O2S2. The van der Waals surface area contributed by atoms with Crippen LogP contribution in [0.25, 0.3) is 0 Å². The number of thiazole rings is 1. The predicted molar refractivity (Wildman–Crippen MR) is 102 cm³/mol. The third-order valence-corrected chi connectivity index (χ3v) is 6.97. The second-order valence-electron chi connectivity index (χ2n) is 6.91. The molecule has 2 fully saturated rings. The van der Waals surface area contributed by atoms with Gasteiger partial charge in [0.25, 0.3) is 5.91 Å². The van der Waals surface area contributed by atoms with Gasteiger partial charge in [-0.3, -0.25) is 19.8 Å². The Hall–Kier alpha value is -1.87. The highest BCUT2D eigenvalue weighted by atomic mass is 32.1. The van der Waals surface area contributed by atoms with Crippen molar-refractivity contribution < 1.29 is 9.59 Å². The Bertz CT molecular complexity index is 836. The van der Waals surface area contributed by atoms with E-state index in [1.807, 2.05) is 0 Å². The zero-order chi connectivity index (χ0) is 18.3. The average molecular weight is 392 g/mol. The fraction of sp³-hybridized carbons (Fsp3) is 0.588. The van der Waals surface area contributed by atoms with E-state index in [9.17, 15) is 9.59 Å². The maximum atomic E-state index is 12.7. The van der Waals surface area contributed by atoms with Crippen molar-refractivity contribution in [1.29, 1.82) is 0 Å². The molecule has 2 amide bonds. The Morgan fingerprint density at radius 3 is 2.50 bits per heavy atom. The van der Waals surface area contributed by atoms with Gasteiger partial charge in [-0.2, -0.15) is 0 Å². The molecule has 2 aliphatic rings. The topological polar surface area (TPSA) is 88.1 Å². The lowest BCUT2D eigenvalue weighted by molar-refractivity contribution is -0.117. The lowest BCUT2D eigenvalue weighted by Gasteiger charge is -2.24. The smallest absolute Gasteiger partial charge is 0.269 e. The zero-order valence-electron chi connectivity index (χ0n) is 14.8. The minimum atomic E-state index is -0.236. The molecule has 0 atom stereocenters. The largest absolute Gasteiger partial charge is 0.296 e. The van der Waals surface area contributed by atoms with Gasteiger partial charge in [0.2, 0.25) is 11.0 Å². The van der Waals surface area contributed by atoms with Crippen LogP contribution in [0.1, 0.15) is 71.7 Å². The van der Waals surface area contributed by atoms with Gasteiger partial charge in [-0.25, -0.2) is 4.98 Å². The van der Waals surface area contributed by atoms with Crippen LogP contribution in [-0.4, -0.2) is 33.0 Å². The average Bonchev–Trinajstić information content (AvgIpc) is 2.98. The molecule has 0 spiro atoms. The highest BCUT2D eigenvalue weighted by Gasteiger charge is 2.30. The van der Waals surface area contributed by atoms with Crippen LogP contribution in [0.4, 0.5) is 10.3 Å². The summed E-state index contributed by atoms with van der Waals surface area (Å²) in [5.74, 6) is 0.265. The summed E-state index contributed by atoms with van der Waals surface area (Å²) in [5, 5.41) is 13.2. The summed E-state index contributed by atoms with van der Waals surface area (Å²) in [7, 11) is 0. The number of hydrogen-bond acceptors (Lipinski definition) is 7. The fourth-order valence-electron chi connectivity index (χ4n) is 3.34. The van der Waals surface area contributed by atoms with E-state index in [4.69, 9.17) is 0 Å². The molecule has 7 nitrogen and oxygen atoms in total. The van der Waals surface area contributed by atoms with Gasteiger partial charge in [-0.1, -0.05) is 35.5 Å². The molecule has 0 unspecified atom stereocenters. The number of amides is 2. The van der Waals surface area contributed by atoms with Crippen LogP contribution in [0, 0.1) is 6.92 Å². The Kier molecular flexibility index (Phi) is 4.74. The van der Waals surface area contributed by atoms with Crippen molar-refractivity contribution in [2.75, 3.05) is 10.2 Å². The van der Waals surface area contributed by atoms with Crippen molar-refractivity contribution in [3.63, 3.8) is 0 Å². The summed E-state index contributed by atoms with van der Waals surface area (Å²) in [6.45, 7) is 3.37. The molecule has 138 valence electrons. The lowest BCUT2D eigenvalue weighted by atomic mass is 10.2. The first kappa shape index (κ1) is 17.5. The number of carbonyl (C=O) groups is 2. The number of aryl methyl sites for hydroxylation is 1. The van der Waals surface area contributed by atoms with Crippen molar-refractivity contribution >= 4 is 44.8 Å². The standard InChI is InChI=1S/C17H21N5O2S2/c1-9-13(14(24)19-16-21-20-15(26-16)11-7-8-11)25-17(18-9)22(10(2)23)12-5-3-4-6-12/h11-12H,3-8H2,1-2H3,(H,19,21,24). The van der Waals surface area contributed by atoms with E-state index in [0.29, 0.717) is 26.8 Å². The monoisotopic (exact) mass is 391 g/mol. The van der Waals surface area contributed by atoms with Gasteiger partial charge in [0.05, 0.1) is 5.69 Å². The van der Waals surface area contributed by atoms with Crippen molar-refractivity contribution in [3.8, 4) is 0 Å². The van der Waals surface area contributed by atoms with Crippen molar-refractivity contribution in [3.05, 3.63) is 15.6 Å². The molecule has 2 aliphatic carbocycles. The normalized spacial score (nSPS) is 17.5. The number of nitrogens with one attached hydrogen (secondary N) is 1. The quantitative estimate of drug-likeness (QED) is 0.839. The summed E-state index contributed by atoms with van der Waals surface area (Å²) in [4.78, 5) is 31.6. The van der Waals surface area contributed by atoms with Gasteiger partial charge in [0, 0.05) is 18.9 Å². The van der Waals surface area contributed by atoms with Crippen LogP contribution in [-0.2, 0) is 4.79 Å². The molecule has 26 heavy (non-hydrogen) atoms. The molecule has 9 heteroatoms. The van der Waals surface area contributed by atoms with Gasteiger partial charge in [-0.05, 0) is 32.6 Å². The van der Waals surface area contributed by atoms with Crippen LogP contribution in [0.3, 0.4) is 0 Å². The zero-order valence-corrected chi connectivity index (χ0v) is 16.5. The highest BCUT2D eigenvalue weighted by Crippen LogP contribution is 2.42. The highest BCUT2D eigenvalue weighted by molar-refractivity contribution is 7.18. The first-order chi connectivity index (χ1) is 12.5. The SMILES string of the molecule is CC(=O)N(c1nc(C)c(C(=O)Nc2nnc(C3CC3)s2)s1)C1CCCC1. The first-order valence-corrected chi connectivity index (χ1v) is 10.6. The maximum Gasteiger partial charge on any atom is 0.269 e. The van der Waals surface area contributed by atoms with E-state index in [0.717, 1.165) is 43.5 Å². The minimum absolute atomic E-state index is 0.0178. The molecule has 0 saturated heterocycles. The van der Waals surface area contributed by atoms with Crippen LogP contribution in [0.5, 0.6) is 0 Å². The van der Waals surface area contributed by atoms with Crippen molar-refractivity contribution in [2.45, 2.75) is 64.3 Å². The molecule has 2 aromatic heterocycles. The number of nitrogens with zero attached hydrogens (tertiary/aromatic N) is 4. The van der Waals surface area contributed by atoms with Gasteiger partial charge in [-0.15, -0.1) is 10.2 Å². The predicted octanol–water partition coefficient (Wildman–Crippen LogP) is 3.73. The second kappa shape index (κ2) is 7.03. The molecule has 0 bridgehead atoms. The number of carbonyl (C=O) groups excluding carboxylic acids is 2. The summed E-state index contributed by atoms with van der Waals surface area (Å²) < 4.78 is 0. The molecule has 0 aliphatic heterocycles. The molecule has 0 aromatic carbocycles. The Morgan fingerprint density at radius 2 is 1.85 bits per heavy atom. The summed E-state index contributed by atoms with van der Waals surface area (Å²) in [6, 6.07) is 0.193. The third-order valence-electron chi connectivity index (χ3n) is 4.81. The van der Waals surface area contributed by atoms with E-state index >= 15 is 0 Å². The molecule has 2 aromatic rings. The lowest BCUT2D eigenvalue weighted by Crippen LogP contribution is -2.37.